The molecule has 0 bridgehead atoms. The third-order valence-corrected chi connectivity index (χ3v) is 2.65. The fraction of sp³-hybridized carbons (Fsp3) is 0.462. The summed E-state index contributed by atoms with van der Waals surface area (Å²) in [5.74, 6) is -1.08. The van der Waals surface area contributed by atoms with Gasteiger partial charge in [-0.15, -0.1) is 0 Å². The summed E-state index contributed by atoms with van der Waals surface area (Å²) in [5, 5.41) is 11.8. The topological polar surface area (TPSA) is 35.8 Å². The van der Waals surface area contributed by atoms with Crippen molar-refractivity contribution in [2.75, 3.05) is 13.1 Å². The lowest BCUT2D eigenvalue weighted by molar-refractivity contribution is 0.541. The molecule has 2 nitrogen and oxygen atoms in total. The number of nitrogens with zero attached hydrogens (tertiary/aromatic N) is 1. The van der Waals surface area contributed by atoms with Crippen molar-refractivity contribution < 1.29 is 8.78 Å². The zero-order valence-electron chi connectivity index (χ0n) is 9.84. The van der Waals surface area contributed by atoms with Crippen LogP contribution in [0.15, 0.2) is 18.2 Å². The molecule has 0 spiro atoms. The van der Waals surface area contributed by atoms with Crippen LogP contribution in [0.25, 0.3) is 0 Å². The van der Waals surface area contributed by atoms with Crippen molar-refractivity contribution in [3.8, 4) is 6.07 Å². The molecule has 0 aliphatic rings. The van der Waals surface area contributed by atoms with Crippen molar-refractivity contribution >= 4 is 0 Å². The Morgan fingerprint density at radius 3 is 2.76 bits per heavy atom. The third kappa shape index (κ3) is 4.49. The molecule has 92 valence electrons. The van der Waals surface area contributed by atoms with E-state index in [-0.39, 0.29) is 5.92 Å². The van der Waals surface area contributed by atoms with Crippen LogP contribution in [-0.4, -0.2) is 13.1 Å². The number of nitrogens with one attached hydrogen (secondary N) is 1. The fourth-order valence-electron chi connectivity index (χ4n) is 1.51. The van der Waals surface area contributed by atoms with Crippen LogP contribution < -0.4 is 5.32 Å². The van der Waals surface area contributed by atoms with E-state index in [2.05, 4.69) is 11.4 Å². The lowest BCUT2D eigenvalue weighted by Gasteiger charge is -2.08. The predicted molar refractivity (Wildman–Crippen MR) is 62.3 cm³/mol. The van der Waals surface area contributed by atoms with E-state index in [1.807, 2.05) is 6.92 Å². The fourth-order valence-corrected chi connectivity index (χ4v) is 1.51. The van der Waals surface area contributed by atoms with E-state index >= 15 is 0 Å². The summed E-state index contributed by atoms with van der Waals surface area (Å²) < 4.78 is 25.9. The molecule has 0 heterocycles. The van der Waals surface area contributed by atoms with E-state index in [0.717, 1.165) is 12.5 Å². The van der Waals surface area contributed by atoms with Crippen LogP contribution in [0.2, 0.25) is 0 Å². The van der Waals surface area contributed by atoms with Crippen LogP contribution in [0.5, 0.6) is 0 Å². The molecule has 0 amide bonds. The highest BCUT2D eigenvalue weighted by Crippen LogP contribution is 2.09. The predicted octanol–water partition coefficient (Wildman–Crippen LogP) is 2.65. The molecule has 1 N–H and O–H groups in total. The van der Waals surface area contributed by atoms with Crippen molar-refractivity contribution in [3.63, 3.8) is 0 Å². The first-order chi connectivity index (χ1) is 8.17. The van der Waals surface area contributed by atoms with Crippen LogP contribution in [-0.2, 0) is 6.42 Å². The van der Waals surface area contributed by atoms with Gasteiger partial charge < -0.3 is 5.32 Å². The Labute approximate surface area is 100 Å². The SMILES string of the molecule is CCC(C#N)CNCCc1ccc(F)cc1F. The maximum absolute atomic E-state index is 13.2. The summed E-state index contributed by atoms with van der Waals surface area (Å²) in [6.07, 6.45) is 1.29. The lowest BCUT2D eigenvalue weighted by atomic mass is 10.1. The molecule has 1 atom stereocenters. The van der Waals surface area contributed by atoms with E-state index in [0.29, 0.717) is 25.1 Å². The Bertz CT molecular complexity index is 399. The van der Waals surface area contributed by atoms with Crippen LogP contribution in [0.4, 0.5) is 8.78 Å². The van der Waals surface area contributed by atoms with Gasteiger partial charge in [0, 0.05) is 12.6 Å². The van der Waals surface area contributed by atoms with Gasteiger partial charge in [0.05, 0.1) is 12.0 Å². The van der Waals surface area contributed by atoms with Gasteiger partial charge in [-0.3, -0.25) is 0 Å². The Balaban J connectivity index is 2.34. The summed E-state index contributed by atoms with van der Waals surface area (Å²) in [6, 6.07) is 5.78. The first kappa shape index (κ1) is 13.6. The molecule has 1 rings (SSSR count). The molecule has 0 saturated carbocycles. The normalized spacial score (nSPS) is 12.1. The van der Waals surface area contributed by atoms with Gasteiger partial charge in [-0.1, -0.05) is 13.0 Å². The lowest BCUT2D eigenvalue weighted by Crippen LogP contribution is -2.24. The molecule has 17 heavy (non-hydrogen) atoms. The standard InChI is InChI=1S/C13H16F2N2/c1-2-10(8-16)9-17-6-5-11-3-4-12(14)7-13(11)15/h3-4,7,10,17H,2,5-6,9H2,1H3. The molecular formula is C13H16F2N2. The van der Waals surface area contributed by atoms with Gasteiger partial charge in [0.15, 0.2) is 0 Å². The van der Waals surface area contributed by atoms with Gasteiger partial charge in [0.25, 0.3) is 0 Å². The molecule has 1 unspecified atom stereocenters. The second kappa shape index (κ2) is 6.97. The van der Waals surface area contributed by atoms with Gasteiger partial charge in [-0.05, 0) is 31.0 Å². The highest BCUT2D eigenvalue weighted by molar-refractivity contribution is 5.18. The first-order valence-electron chi connectivity index (χ1n) is 5.71. The number of rotatable bonds is 6. The summed E-state index contributed by atoms with van der Waals surface area (Å²) in [4.78, 5) is 0. The zero-order valence-corrected chi connectivity index (χ0v) is 9.84. The number of hydrogen-bond acceptors (Lipinski definition) is 2. The van der Waals surface area contributed by atoms with E-state index in [1.165, 1.54) is 12.1 Å². The maximum atomic E-state index is 13.2. The van der Waals surface area contributed by atoms with Gasteiger partial charge in [0.2, 0.25) is 0 Å². The molecule has 1 aromatic carbocycles. The summed E-state index contributed by atoms with van der Waals surface area (Å²) >= 11 is 0. The Morgan fingerprint density at radius 1 is 1.41 bits per heavy atom. The van der Waals surface area contributed by atoms with Crippen LogP contribution in [0.1, 0.15) is 18.9 Å². The molecule has 0 fully saturated rings. The van der Waals surface area contributed by atoms with Crippen LogP contribution in [0.3, 0.4) is 0 Å². The number of benzene rings is 1. The Morgan fingerprint density at radius 2 is 2.18 bits per heavy atom. The third-order valence-electron chi connectivity index (χ3n) is 2.65. The van der Waals surface area contributed by atoms with Crippen molar-refractivity contribution in [1.82, 2.24) is 5.32 Å². The highest BCUT2D eigenvalue weighted by Gasteiger charge is 2.05. The number of hydrogen-bond donors (Lipinski definition) is 1. The second-order valence-corrected chi connectivity index (χ2v) is 3.92. The van der Waals surface area contributed by atoms with Gasteiger partial charge in [-0.25, -0.2) is 8.78 Å². The monoisotopic (exact) mass is 238 g/mol. The van der Waals surface area contributed by atoms with E-state index in [4.69, 9.17) is 5.26 Å². The van der Waals surface area contributed by atoms with Crippen molar-refractivity contribution in [1.29, 1.82) is 5.26 Å². The minimum absolute atomic E-state index is 0.00642. The van der Waals surface area contributed by atoms with Crippen LogP contribution in [0, 0.1) is 28.9 Å². The highest BCUT2D eigenvalue weighted by atomic mass is 19.1. The summed E-state index contributed by atoms with van der Waals surface area (Å²) in [5.41, 5.74) is 0.490. The largest absolute Gasteiger partial charge is 0.315 e. The van der Waals surface area contributed by atoms with Gasteiger partial charge in [0.1, 0.15) is 11.6 Å². The quantitative estimate of drug-likeness (QED) is 0.773. The minimum atomic E-state index is -0.560. The molecule has 0 saturated heterocycles. The molecular weight excluding hydrogens is 222 g/mol. The van der Waals surface area contributed by atoms with Crippen molar-refractivity contribution in [3.05, 3.63) is 35.4 Å². The van der Waals surface area contributed by atoms with E-state index < -0.39 is 11.6 Å². The number of nitriles is 1. The van der Waals surface area contributed by atoms with Gasteiger partial charge >= 0.3 is 0 Å². The molecule has 0 aliphatic heterocycles. The van der Waals surface area contributed by atoms with E-state index in [9.17, 15) is 8.78 Å². The first-order valence-corrected chi connectivity index (χ1v) is 5.71. The average molecular weight is 238 g/mol. The molecule has 0 radical (unpaired) electrons. The second-order valence-electron chi connectivity index (χ2n) is 3.92. The smallest absolute Gasteiger partial charge is 0.129 e. The van der Waals surface area contributed by atoms with Crippen LogP contribution >= 0.6 is 0 Å². The Kier molecular flexibility index (Phi) is 5.58. The molecule has 1 aromatic rings. The van der Waals surface area contributed by atoms with Crippen molar-refractivity contribution in [2.45, 2.75) is 19.8 Å². The maximum Gasteiger partial charge on any atom is 0.129 e. The number of halogens is 2. The van der Waals surface area contributed by atoms with E-state index in [1.54, 1.807) is 0 Å². The molecule has 4 heteroatoms. The van der Waals surface area contributed by atoms with Gasteiger partial charge in [-0.2, -0.15) is 5.26 Å². The Hall–Kier alpha value is -1.47. The molecule has 0 aliphatic carbocycles. The summed E-state index contributed by atoms with van der Waals surface area (Å²) in [7, 11) is 0. The van der Waals surface area contributed by atoms with Crippen molar-refractivity contribution in [2.24, 2.45) is 5.92 Å². The average Bonchev–Trinajstić information content (AvgIpc) is 2.32. The molecule has 0 aromatic heterocycles. The summed E-state index contributed by atoms with van der Waals surface area (Å²) in [6.45, 7) is 3.14. The minimum Gasteiger partial charge on any atom is -0.315 e. The zero-order chi connectivity index (χ0) is 12.7.